The number of amides is 1. The van der Waals surface area contributed by atoms with Crippen molar-refractivity contribution in [2.45, 2.75) is 31.7 Å². The molecule has 1 unspecified atom stereocenters. The van der Waals surface area contributed by atoms with Crippen LogP contribution >= 0.6 is 12.4 Å². The second-order valence-corrected chi connectivity index (χ2v) is 4.66. The summed E-state index contributed by atoms with van der Waals surface area (Å²) in [6.45, 7) is 2.96. The quantitative estimate of drug-likeness (QED) is 0.732. The number of hydrogen-bond donors (Lipinski definition) is 1. The average Bonchev–Trinajstić information content (AvgIpc) is 2.94. The van der Waals surface area contributed by atoms with Gasteiger partial charge in [-0.05, 0) is 25.2 Å². The molecule has 0 aromatic rings. The minimum absolute atomic E-state index is 0. The van der Waals surface area contributed by atoms with Gasteiger partial charge in [0.15, 0.2) is 0 Å². The summed E-state index contributed by atoms with van der Waals surface area (Å²) in [5.74, 6) is 0.971. The molecule has 0 aromatic carbocycles. The molecule has 4 nitrogen and oxygen atoms in total. The van der Waals surface area contributed by atoms with Gasteiger partial charge in [0.25, 0.3) is 0 Å². The summed E-state index contributed by atoms with van der Waals surface area (Å²) in [5, 5.41) is 0. The fraction of sp³-hybridized carbons (Fsp3) is 0.909. The van der Waals surface area contributed by atoms with E-state index in [1.54, 1.807) is 0 Å². The molecule has 1 saturated heterocycles. The zero-order chi connectivity index (χ0) is 10.7. The van der Waals surface area contributed by atoms with Crippen LogP contribution in [0.2, 0.25) is 0 Å². The summed E-state index contributed by atoms with van der Waals surface area (Å²) in [4.78, 5) is 13.5. The van der Waals surface area contributed by atoms with Crippen LogP contribution in [0.3, 0.4) is 0 Å². The van der Waals surface area contributed by atoms with Crippen LogP contribution < -0.4 is 5.73 Å². The van der Waals surface area contributed by atoms with E-state index in [0.29, 0.717) is 13.0 Å². The first-order chi connectivity index (χ1) is 7.25. The Morgan fingerprint density at radius 1 is 1.38 bits per heavy atom. The number of carbonyl (C=O) groups is 1. The summed E-state index contributed by atoms with van der Waals surface area (Å²) < 4.78 is 5.44. The zero-order valence-electron chi connectivity index (χ0n) is 9.56. The molecule has 0 radical (unpaired) electrons. The lowest BCUT2D eigenvalue weighted by atomic mass is 10.3. The van der Waals surface area contributed by atoms with E-state index in [-0.39, 0.29) is 24.4 Å². The molecule has 0 aromatic heterocycles. The van der Waals surface area contributed by atoms with Gasteiger partial charge in [-0.2, -0.15) is 0 Å². The molecule has 1 aliphatic carbocycles. The number of carbonyl (C=O) groups excluding carboxylic acids is 1. The average molecular weight is 249 g/mol. The predicted molar refractivity (Wildman–Crippen MR) is 64.6 cm³/mol. The summed E-state index contributed by atoms with van der Waals surface area (Å²) in [7, 11) is 0. The molecule has 1 heterocycles. The lowest BCUT2D eigenvalue weighted by molar-refractivity contribution is -0.131. The molecule has 5 heteroatoms. The Hall–Kier alpha value is -0.320. The third-order valence-corrected chi connectivity index (χ3v) is 3.09. The Labute approximate surface area is 103 Å². The molecule has 1 atom stereocenters. The topological polar surface area (TPSA) is 55.6 Å². The van der Waals surface area contributed by atoms with E-state index in [1.165, 1.54) is 12.8 Å². The van der Waals surface area contributed by atoms with Crippen molar-refractivity contribution < 1.29 is 9.53 Å². The van der Waals surface area contributed by atoms with E-state index in [2.05, 4.69) is 0 Å². The van der Waals surface area contributed by atoms with E-state index >= 15 is 0 Å². The Bertz CT molecular complexity index is 234. The van der Waals surface area contributed by atoms with Gasteiger partial charge < -0.3 is 15.4 Å². The third-order valence-electron chi connectivity index (χ3n) is 3.09. The van der Waals surface area contributed by atoms with Crippen LogP contribution in [-0.2, 0) is 9.53 Å². The van der Waals surface area contributed by atoms with Crippen LogP contribution in [0.1, 0.15) is 25.7 Å². The number of rotatable bonds is 5. The van der Waals surface area contributed by atoms with Crippen LogP contribution in [0.5, 0.6) is 0 Å². The Kier molecular flexibility index (Phi) is 5.52. The van der Waals surface area contributed by atoms with Gasteiger partial charge in [0.05, 0.1) is 13.0 Å². The molecule has 2 N–H and O–H groups in total. The first-order valence-electron chi connectivity index (χ1n) is 5.87. The molecule has 1 amide bonds. The number of ether oxygens (including phenoxy) is 1. The van der Waals surface area contributed by atoms with Crippen molar-refractivity contribution in [3.63, 3.8) is 0 Å². The van der Waals surface area contributed by atoms with Crippen molar-refractivity contribution in [1.82, 2.24) is 4.90 Å². The predicted octanol–water partition coefficient (Wildman–Crippen LogP) is 0.784. The highest BCUT2D eigenvalue weighted by Gasteiger charge is 2.24. The van der Waals surface area contributed by atoms with Crippen LogP contribution in [0.4, 0.5) is 0 Å². The van der Waals surface area contributed by atoms with Crippen molar-refractivity contribution in [2.75, 3.05) is 26.3 Å². The molecule has 0 bridgehead atoms. The molecule has 1 aliphatic heterocycles. The van der Waals surface area contributed by atoms with Gasteiger partial charge >= 0.3 is 0 Å². The fourth-order valence-electron chi connectivity index (χ4n) is 1.87. The van der Waals surface area contributed by atoms with Gasteiger partial charge in [-0.25, -0.2) is 0 Å². The van der Waals surface area contributed by atoms with Crippen molar-refractivity contribution in [1.29, 1.82) is 0 Å². The molecule has 94 valence electrons. The van der Waals surface area contributed by atoms with Gasteiger partial charge in [-0.15, -0.1) is 12.4 Å². The van der Waals surface area contributed by atoms with Crippen LogP contribution in [-0.4, -0.2) is 43.2 Å². The number of nitrogens with two attached hydrogens (primary N) is 1. The van der Waals surface area contributed by atoms with Gasteiger partial charge in [0.2, 0.25) is 5.91 Å². The van der Waals surface area contributed by atoms with Crippen molar-refractivity contribution in [2.24, 2.45) is 11.7 Å². The van der Waals surface area contributed by atoms with E-state index in [9.17, 15) is 4.79 Å². The largest absolute Gasteiger partial charge is 0.381 e. The monoisotopic (exact) mass is 248 g/mol. The zero-order valence-corrected chi connectivity index (χ0v) is 10.4. The van der Waals surface area contributed by atoms with Crippen molar-refractivity contribution >= 4 is 18.3 Å². The molecule has 1 saturated carbocycles. The fourth-order valence-corrected chi connectivity index (χ4v) is 1.87. The Morgan fingerprint density at radius 3 is 2.69 bits per heavy atom. The molecule has 2 fully saturated rings. The molecule has 2 rings (SSSR count). The summed E-state index contributed by atoms with van der Waals surface area (Å²) >= 11 is 0. The lowest BCUT2D eigenvalue weighted by Crippen LogP contribution is -2.32. The van der Waals surface area contributed by atoms with Crippen LogP contribution in [0.25, 0.3) is 0 Å². The normalized spacial score (nSPS) is 24.3. The number of hydrogen-bond acceptors (Lipinski definition) is 3. The Morgan fingerprint density at radius 2 is 2.12 bits per heavy atom. The lowest BCUT2D eigenvalue weighted by Gasteiger charge is -2.15. The third kappa shape index (κ3) is 4.28. The van der Waals surface area contributed by atoms with Crippen LogP contribution in [0, 0.1) is 5.92 Å². The second kappa shape index (κ2) is 6.42. The van der Waals surface area contributed by atoms with E-state index in [0.717, 1.165) is 32.0 Å². The van der Waals surface area contributed by atoms with E-state index < -0.39 is 0 Å². The van der Waals surface area contributed by atoms with Gasteiger partial charge in [-0.1, -0.05) is 0 Å². The Balaban J connectivity index is 0.00000128. The number of likely N-dealkylation sites (tertiary alicyclic amines) is 1. The molecular formula is C11H21ClN2O2. The molecular weight excluding hydrogens is 228 g/mol. The van der Waals surface area contributed by atoms with Gasteiger partial charge in [-0.3, -0.25) is 4.79 Å². The number of nitrogens with zero attached hydrogens (tertiary/aromatic N) is 1. The highest BCUT2D eigenvalue weighted by molar-refractivity contribution is 5.85. The molecule has 2 aliphatic rings. The smallest absolute Gasteiger partial charge is 0.224 e. The number of halogens is 1. The summed E-state index contributed by atoms with van der Waals surface area (Å²) in [6.07, 6.45) is 4.05. The maximum Gasteiger partial charge on any atom is 0.224 e. The SMILES string of the molecule is Cl.NC1CCN(C(=O)CCOCC2CC2)C1. The van der Waals surface area contributed by atoms with E-state index in [1.807, 2.05) is 4.90 Å². The van der Waals surface area contributed by atoms with Crippen LogP contribution in [0.15, 0.2) is 0 Å². The van der Waals surface area contributed by atoms with Crippen molar-refractivity contribution in [3.05, 3.63) is 0 Å². The van der Waals surface area contributed by atoms with Crippen molar-refractivity contribution in [3.8, 4) is 0 Å². The minimum Gasteiger partial charge on any atom is -0.381 e. The van der Waals surface area contributed by atoms with E-state index in [4.69, 9.17) is 10.5 Å². The standard InChI is InChI=1S/C11H20N2O2.ClH/c12-10-3-5-13(7-10)11(14)4-6-15-8-9-1-2-9;/h9-10H,1-8,12H2;1H. The molecule has 16 heavy (non-hydrogen) atoms. The highest BCUT2D eigenvalue weighted by Crippen LogP contribution is 2.28. The first kappa shape index (κ1) is 13.7. The van der Waals surface area contributed by atoms with Gasteiger partial charge in [0, 0.05) is 25.7 Å². The first-order valence-corrected chi connectivity index (χ1v) is 5.87. The second-order valence-electron chi connectivity index (χ2n) is 4.66. The maximum absolute atomic E-state index is 11.6. The summed E-state index contributed by atoms with van der Waals surface area (Å²) in [5.41, 5.74) is 5.74. The maximum atomic E-state index is 11.6. The summed E-state index contributed by atoms with van der Waals surface area (Å²) in [6, 6.07) is 0.182. The van der Waals surface area contributed by atoms with Gasteiger partial charge in [0.1, 0.15) is 0 Å². The molecule has 0 spiro atoms. The highest BCUT2D eigenvalue weighted by atomic mass is 35.5. The minimum atomic E-state index is 0.